The van der Waals surface area contributed by atoms with Gasteiger partial charge in [0.25, 0.3) is 0 Å². The Kier molecular flexibility index (Phi) is 15.4. The highest BCUT2D eigenvalue weighted by molar-refractivity contribution is 5.93. The number of nitrogens with two attached hydrogens (primary N) is 2. The Morgan fingerprint density at radius 2 is 1.45 bits per heavy atom. The number of amides is 3. The van der Waals surface area contributed by atoms with Gasteiger partial charge in [0, 0.05) is 18.9 Å². The summed E-state index contributed by atoms with van der Waals surface area (Å²) in [6.45, 7) is 1.88. The molecule has 2 aliphatic heterocycles. The summed E-state index contributed by atoms with van der Waals surface area (Å²) < 4.78 is 0. The Hall–Kier alpha value is -2.80. The molecule has 0 spiro atoms. The fourth-order valence-corrected chi connectivity index (χ4v) is 5.03. The van der Waals surface area contributed by atoms with Crippen LogP contribution in [0.5, 0.6) is 11.5 Å². The number of halogens is 3. The Labute approximate surface area is 264 Å². The third-order valence-corrected chi connectivity index (χ3v) is 7.34. The average molecular weight is 648 g/mol. The van der Waals surface area contributed by atoms with Crippen LogP contribution < -0.4 is 32.7 Å². The van der Waals surface area contributed by atoms with Gasteiger partial charge in [-0.25, -0.2) is 0 Å². The number of hydrogen-bond acceptors (Lipinski definition) is 8. The van der Waals surface area contributed by atoms with E-state index in [1.54, 1.807) is 30.3 Å². The van der Waals surface area contributed by atoms with Gasteiger partial charge >= 0.3 is 0 Å². The van der Waals surface area contributed by atoms with Crippen molar-refractivity contribution < 1.29 is 24.6 Å². The average Bonchev–Trinajstić information content (AvgIpc) is 2.92. The minimum atomic E-state index is -1.03. The lowest BCUT2D eigenvalue weighted by Gasteiger charge is -2.28. The Balaban J connectivity index is 0.00000294. The molecule has 42 heavy (non-hydrogen) atoms. The number of phenolic OH excluding ortho intramolecular Hbond substituents is 2. The maximum Gasteiger partial charge on any atom is 0.243 e. The first kappa shape index (κ1) is 37.2. The van der Waals surface area contributed by atoms with Crippen LogP contribution in [-0.2, 0) is 27.2 Å². The summed E-state index contributed by atoms with van der Waals surface area (Å²) >= 11 is 0. The summed E-state index contributed by atoms with van der Waals surface area (Å²) in [4.78, 5) is 39.9. The van der Waals surface area contributed by atoms with E-state index in [0.717, 1.165) is 37.1 Å². The molecule has 11 nitrogen and oxygen atoms in total. The SMILES string of the molecule is Cl.Cl.Cl.NCCC[C@@H]1NC(=O)[C@@H](N)Cc2cc(ccc2O)-c2ccc(O)c(c2)C[C@@H](C(=O)NC2CCNCC2)NC1=O. The molecule has 10 N–H and O–H groups in total. The van der Waals surface area contributed by atoms with Crippen LogP contribution in [0.1, 0.15) is 36.8 Å². The number of phenols is 2. The highest BCUT2D eigenvalue weighted by Gasteiger charge is 2.30. The van der Waals surface area contributed by atoms with E-state index in [9.17, 15) is 24.6 Å². The van der Waals surface area contributed by atoms with Gasteiger partial charge in [-0.3, -0.25) is 14.4 Å². The molecule has 2 heterocycles. The minimum Gasteiger partial charge on any atom is -0.508 e. The monoisotopic (exact) mass is 646 g/mol. The van der Waals surface area contributed by atoms with E-state index in [0.29, 0.717) is 24.1 Å². The van der Waals surface area contributed by atoms with Crippen LogP contribution in [0.2, 0.25) is 0 Å². The highest BCUT2D eigenvalue weighted by atomic mass is 35.5. The van der Waals surface area contributed by atoms with Crippen LogP contribution in [0.25, 0.3) is 11.1 Å². The van der Waals surface area contributed by atoms with Crippen molar-refractivity contribution in [1.29, 1.82) is 0 Å². The molecule has 14 heteroatoms. The lowest BCUT2D eigenvalue weighted by molar-refractivity contribution is -0.132. The molecule has 4 bridgehead atoms. The second-order valence-corrected chi connectivity index (χ2v) is 10.3. The molecule has 2 aromatic carbocycles. The number of aromatic hydroxyl groups is 2. The minimum absolute atomic E-state index is 0. The summed E-state index contributed by atoms with van der Waals surface area (Å²) in [6.07, 6.45) is 2.33. The zero-order chi connectivity index (χ0) is 27.9. The molecule has 0 aliphatic carbocycles. The molecular formula is C28H41Cl3N6O5. The fourth-order valence-electron chi connectivity index (χ4n) is 5.03. The normalized spacial score (nSPS) is 21.0. The zero-order valence-corrected chi connectivity index (χ0v) is 25.6. The number of carbonyl (C=O) groups is 3. The van der Waals surface area contributed by atoms with Crippen molar-refractivity contribution >= 4 is 54.9 Å². The standard InChI is InChI=1S/C28H38N6O5.3ClH/c29-9-1-2-22-27(38)34-23(28(39)32-20-7-10-31-11-8-20)15-19-13-17(4-6-25(19)36)16-3-5-24(35)18(12-16)14-21(30)26(37)33-22;;;/h3-6,12-13,20-23,31,35-36H,1-2,7-11,14-15,29-30H2,(H,32,39)(H,33,37)(H,34,38);3*1H/t21-,22-,23-;;;/m0.../s1. The maximum atomic E-state index is 13.4. The van der Waals surface area contributed by atoms with Gasteiger partial charge in [-0.15, -0.1) is 37.2 Å². The third-order valence-electron chi connectivity index (χ3n) is 7.34. The van der Waals surface area contributed by atoms with E-state index in [1.165, 1.54) is 6.07 Å². The number of nitrogens with one attached hydrogen (secondary N) is 4. The van der Waals surface area contributed by atoms with Crippen LogP contribution in [-0.4, -0.2) is 71.7 Å². The third kappa shape index (κ3) is 9.62. The van der Waals surface area contributed by atoms with Gasteiger partial charge in [0.1, 0.15) is 23.6 Å². The van der Waals surface area contributed by atoms with Gasteiger partial charge in [-0.1, -0.05) is 12.1 Å². The smallest absolute Gasteiger partial charge is 0.243 e. The fraction of sp³-hybridized carbons (Fsp3) is 0.464. The van der Waals surface area contributed by atoms with Gasteiger partial charge < -0.3 is 42.9 Å². The van der Waals surface area contributed by atoms with Crippen molar-refractivity contribution in [2.45, 2.75) is 62.7 Å². The summed E-state index contributed by atoms with van der Waals surface area (Å²) in [7, 11) is 0. The van der Waals surface area contributed by atoms with E-state index in [-0.39, 0.29) is 79.9 Å². The van der Waals surface area contributed by atoms with Crippen LogP contribution in [0.3, 0.4) is 0 Å². The molecule has 3 amide bonds. The number of piperidine rings is 1. The van der Waals surface area contributed by atoms with E-state index < -0.39 is 29.9 Å². The van der Waals surface area contributed by atoms with Crippen molar-refractivity contribution in [3.8, 4) is 22.6 Å². The van der Waals surface area contributed by atoms with Crippen molar-refractivity contribution in [1.82, 2.24) is 21.3 Å². The van der Waals surface area contributed by atoms with Gasteiger partial charge in [-0.05, 0) is 91.8 Å². The quantitative estimate of drug-likeness (QED) is 0.236. The van der Waals surface area contributed by atoms with Gasteiger partial charge in [-0.2, -0.15) is 0 Å². The topological polar surface area (TPSA) is 192 Å². The number of hydrogen-bond donors (Lipinski definition) is 8. The van der Waals surface area contributed by atoms with Crippen molar-refractivity contribution in [3.63, 3.8) is 0 Å². The maximum absolute atomic E-state index is 13.4. The van der Waals surface area contributed by atoms with Crippen molar-refractivity contribution in [2.75, 3.05) is 19.6 Å². The molecule has 1 fully saturated rings. The van der Waals surface area contributed by atoms with Gasteiger partial charge in [0.2, 0.25) is 17.7 Å². The van der Waals surface area contributed by atoms with E-state index in [2.05, 4.69) is 21.3 Å². The molecule has 1 saturated heterocycles. The van der Waals surface area contributed by atoms with Gasteiger partial charge in [0.15, 0.2) is 0 Å². The number of fused-ring (bicyclic) bond motifs is 5. The first-order valence-corrected chi connectivity index (χ1v) is 13.5. The van der Waals surface area contributed by atoms with Crippen LogP contribution in [0.4, 0.5) is 0 Å². The molecule has 2 aromatic rings. The van der Waals surface area contributed by atoms with Crippen LogP contribution in [0, 0.1) is 0 Å². The first-order valence-electron chi connectivity index (χ1n) is 13.5. The summed E-state index contributed by atoms with van der Waals surface area (Å²) in [5, 5.41) is 32.9. The molecule has 4 rings (SSSR count). The summed E-state index contributed by atoms with van der Waals surface area (Å²) in [5.41, 5.74) is 14.3. The van der Waals surface area contributed by atoms with Crippen LogP contribution in [0.15, 0.2) is 36.4 Å². The first-order chi connectivity index (χ1) is 18.7. The van der Waals surface area contributed by atoms with E-state index >= 15 is 0 Å². The molecule has 234 valence electrons. The largest absolute Gasteiger partial charge is 0.508 e. The lowest BCUT2D eigenvalue weighted by atomic mass is 9.95. The highest BCUT2D eigenvalue weighted by Crippen LogP contribution is 2.31. The Bertz CT molecular complexity index is 1210. The lowest BCUT2D eigenvalue weighted by Crippen LogP contribution is -2.57. The van der Waals surface area contributed by atoms with Crippen molar-refractivity contribution in [2.24, 2.45) is 11.5 Å². The molecule has 0 radical (unpaired) electrons. The summed E-state index contributed by atoms with van der Waals surface area (Å²) in [5.74, 6) is -1.47. The second kappa shape index (κ2) is 17.3. The molecule has 0 unspecified atom stereocenters. The molecule has 2 aliphatic rings. The summed E-state index contributed by atoms with van der Waals surface area (Å²) in [6, 6.07) is 7.00. The molecule has 0 aromatic heterocycles. The second-order valence-electron chi connectivity index (χ2n) is 10.3. The Morgan fingerprint density at radius 3 is 2.02 bits per heavy atom. The van der Waals surface area contributed by atoms with Gasteiger partial charge in [0.05, 0.1) is 6.04 Å². The predicted octanol–water partition coefficient (Wildman–Crippen LogP) is 1.03. The molecule has 0 saturated carbocycles. The van der Waals surface area contributed by atoms with E-state index in [1.807, 2.05) is 0 Å². The number of rotatable bonds is 5. The predicted molar refractivity (Wildman–Crippen MR) is 169 cm³/mol. The zero-order valence-electron chi connectivity index (χ0n) is 23.1. The molecule has 3 atom stereocenters. The Morgan fingerprint density at radius 1 is 0.881 bits per heavy atom. The number of carbonyl (C=O) groups excluding carboxylic acids is 3. The van der Waals surface area contributed by atoms with Crippen LogP contribution >= 0.6 is 37.2 Å². The molecular weight excluding hydrogens is 607 g/mol. The van der Waals surface area contributed by atoms with Crippen molar-refractivity contribution in [3.05, 3.63) is 47.5 Å². The number of benzene rings is 2. The van der Waals surface area contributed by atoms with E-state index in [4.69, 9.17) is 11.5 Å².